The van der Waals surface area contributed by atoms with Crippen LogP contribution in [-0.4, -0.2) is 13.1 Å². The van der Waals surface area contributed by atoms with E-state index >= 15 is 0 Å². The first-order valence-electron chi connectivity index (χ1n) is 7.20. The van der Waals surface area contributed by atoms with Gasteiger partial charge in [0, 0.05) is 22.0 Å². The van der Waals surface area contributed by atoms with Gasteiger partial charge < -0.3 is 5.32 Å². The fraction of sp³-hybridized carbons (Fsp3) is 0.625. The highest BCUT2D eigenvalue weighted by Gasteiger charge is 2.36. The normalized spacial score (nSPS) is 18.2. The molecule has 0 heterocycles. The average Bonchev–Trinajstić information content (AvgIpc) is 2.78. The summed E-state index contributed by atoms with van der Waals surface area (Å²) in [6, 6.07) is 5.96. The summed E-state index contributed by atoms with van der Waals surface area (Å²) in [5.74, 6) is 0.680. The van der Waals surface area contributed by atoms with Crippen molar-refractivity contribution in [1.82, 2.24) is 5.32 Å². The van der Waals surface area contributed by atoms with E-state index in [9.17, 15) is 0 Å². The molecule has 19 heavy (non-hydrogen) atoms. The van der Waals surface area contributed by atoms with E-state index in [1.807, 2.05) is 12.1 Å². The Kier molecular flexibility index (Phi) is 5.16. The molecule has 0 saturated heterocycles. The monoisotopic (exact) mass is 299 g/mol. The summed E-state index contributed by atoms with van der Waals surface area (Å²) >= 11 is 12.4. The number of nitrogens with one attached hydrogen (secondary N) is 1. The molecule has 0 spiro atoms. The summed E-state index contributed by atoms with van der Waals surface area (Å²) in [6.07, 6.45) is 5.03. The van der Waals surface area contributed by atoms with Gasteiger partial charge in [0.25, 0.3) is 0 Å². The van der Waals surface area contributed by atoms with E-state index < -0.39 is 0 Å². The molecule has 1 aliphatic rings. The van der Waals surface area contributed by atoms with Crippen molar-refractivity contribution >= 4 is 23.2 Å². The third-order valence-electron chi connectivity index (χ3n) is 4.08. The number of hydrogen-bond donors (Lipinski definition) is 1. The quantitative estimate of drug-likeness (QED) is 0.802. The van der Waals surface area contributed by atoms with E-state index in [4.69, 9.17) is 23.2 Å². The lowest BCUT2D eigenvalue weighted by atomic mass is 9.78. The summed E-state index contributed by atoms with van der Waals surface area (Å²) in [4.78, 5) is 0. The van der Waals surface area contributed by atoms with Crippen LogP contribution in [-0.2, 0) is 5.41 Å². The van der Waals surface area contributed by atoms with Crippen LogP contribution in [0.1, 0.15) is 45.1 Å². The lowest BCUT2D eigenvalue weighted by Crippen LogP contribution is -2.37. The van der Waals surface area contributed by atoms with Crippen molar-refractivity contribution in [2.75, 3.05) is 13.1 Å². The van der Waals surface area contributed by atoms with Gasteiger partial charge in [-0.3, -0.25) is 0 Å². The van der Waals surface area contributed by atoms with Gasteiger partial charge >= 0.3 is 0 Å². The van der Waals surface area contributed by atoms with Crippen molar-refractivity contribution in [1.29, 1.82) is 0 Å². The zero-order valence-electron chi connectivity index (χ0n) is 11.8. The predicted octanol–water partition coefficient (Wildman–Crippen LogP) is 5.05. The van der Waals surface area contributed by atoms with Crippen molar-refractivity contribution in [3.8, 4) is 0 Å². The Labute approximate surface area is 126 Å². The van der Waals surface area contributed by atoms with Crippen LogP contribution in [0.3, 0.4) is 0 Å². The molecule has 106 valence electrons. The van der Waals surface area contributed by atoms with Crippen molar-refractivity contribution in [3.05, 3.63) is 33.8 Å². The first-order valence-corrected chi connectivity index (χ1v) is 7.95. The van der Waals surface area contributed by atoms with Crippen molar-refractivity contribution in [2.24, 2.45) is 5.92 Å². The molecule has 1 aromatic carbocycles. The molecule has 1 saturated carbocycles. The number of benzene rings is 1. The standard InChI is InChI=1S/C16H23Cl2N/c1-12(2)10-19-11-16(7-3-4-8-16)14-6-5-13(17)9-15(14)18/h5-6,9,12,19H,3-4,7-8,10-11H2,1-2H3. The Morgan fingerprint density at radius 1 is 1.21 bits per heavy atom. The van der Waals surface area contributed by atoms with Crippen LogP contribution in [0, 0.1) is 5.92 Å². The van der Waals surface area contributed by atoms with E-state index in [2.05, 4.69) is 25.2 Å². The topological polar surface area (TPSA) is 12.0 Å². The van der Waals surface area contributed by atoms with Crippen LogP contribution in [0.15, 0.2) is 18.2 Å². The average molecular weight is 300 g/mol. The third kappa shape index (κ3) is 3.65. The molecule has 0 bridgehead atoms. The molecule has 1 aromatic rings. The molecule has 2 rings (SSSR count). The molecular formula is C16H23Cl2N. The SMILES string of the molecule is CC(C)CNCC1(c2ccc(Cl)cc2Cl)CCCC1. The smallest absolute Gasteiger partial charge is 0.0458 e. The zero-order valence-corrected chi connectivity index (χ0v) is 13.3. The van der Waals surface area contributed by atoms with E-state index in [-0.39, 0.29) is 5.41 Å². The van der Waals surface area contributed by atoms with Crippen LogP contribution in [0.2, 0.25) is 10.0 Å². The van der Waals surface area contributed by atoms with Crippen molar-refractivity contribution in [2.45, 2.75) is 44.9 Å². The summed E-state index contributed by atoms with van der Waals surface area (Å²) in [5, 5.41) is 5.16. The van der Waals surface area contributed by atoms with Crippen LogP contribution >= 0.6 is 23.2 Å². The Bertz CT molecular complexity index is 423. The van der Waals surface area contributed by atoms with Crippen LogP contribution in [0.25, 0.3) is 0 Å². The van der Waals surface area contributed by atoms with Gasteiger partial charge in [0.2, 0.25) is 0 Å². The van der Waals surface area contributed by atoms with Gasteiger partial charge in [0.05, 0.1) is 0 Å². The highest BCUT2D eigenvalue weighted by atomic mass is 35.5. The highest BCUT2D eigenvalue weighted by molar-refractivity contribution is 6.35. The molecule has 0 radical (unpaired) electrons. The molecule has 0 amide bonds. The minimum Gasteiger partial charge on any atom is -0.316 e. The molecule has 0 aromatic heterocycles. The Hall–Kier alpha value is -0.240. The summed E-state index contributed by atoms with van der Waals surface area (Å²) in [6.45, 7) is 6.56. The lowest BCUT2D eigenvalue weighted by molar-refractivity contribution is 0.391. The largest absolute Gasteiger partial charge is 0.316 e. The van der Waals surface area contributed by atoms with Gasteiger partial charge in [-0.2, -0.15) is 0 Å². The Morgan fingerprint density at radius 2 is 1.89 bits per heavy atom. The third-order valence-corrected chi connectivity index (χ3v) is 4.63. The van der Waals surface area contributed by atoms with Gasteiger partial charge in [-0.05, 0) is 43.0 Å². The number of hydrogen-bond acceptors (Lipinski definition) is 1. The highest BCUT2D eigenvalue weighted by Crippen LogP contribution is 2.43. The van der Waals surface area contributed by atoms with Gasteiger partial charge in [-0.25, -0.2) is 0 Å². The van der Waals surface area contributed by atoms with Gasteiger partial charge in [-0.1, -0.05) is 56.0 Å². The maximum atomic E-state index is 6.43. The predicted molar refractivity (Wildman–Crippen MR) is 84.3 cm³/mol. The van der Waals surface area contributed by atoms with Crippen molar-refractivity contribution in [3.63, 3.8) is 0 Å². The molecule has 1 N–H and O–H groups in total. The molecule has 3 heteroatoms. The van der Waals surface area contributed by atoms with Crippen LogP contribution < -0.4 is 5.32 Å². The van der Waals surface area contributed by atoms with Crippen LogP contribution in [0.5, 0.6) is 0 Å². The summed E-state index contributed by atoms with van der Waals surface area (Å²) in [5.41, 5.74) is 1.48. The first kappa shape index (κ1) is 15.2. The molecule has 1 nitrogen and oxygen atoms in total. The molecule has 0 aliphatic heterocycles. The number of rotatable bonds is 5. The Balaban J connectivity index is 2.18. The molecular weight excluding hydrogens is 277 g/mol. The fourth-order valence-corrected chi connectivity index (χ4v) is 3.72. The number of halogens is 2. The Morgan fingerprint density at radius 3 is 2.47 bits per heavy atom. The maximum absolute atomic E-state index is 6.43. The fourth-order valence-electron chi connectivity index (χ4n) is 3.11. The second-order valence-electron chi connectivity index (χ2n) is 6.14. The van der Waals surface area contributed by atoms with E-state index in [1.54, 1.807) is 0 Å². The minimum atomic E-state index is 0.205. The second-order valence-corrected chi connectivity index (χ2v) is 6.98. The minimum absolute atomic E-state index is 0.205. The van der Waals surface area contributed by atoms with Crippen LogP contribution in [0.4, 0.5) is 0 Å². The lowest BCUT2D eigenvalue weighted by Gasteiger charge is -2.31. The summed E-state index contributed by atoms with van der Waals surface area (Å²) < 4.78 is 0. The van der Waals surface area contributed by atoms with Gasteiger partial charge in [0.15, 0.2) is 0 Å². The van der Waals surface area contributed by atoms with E-state index in [1.165, 1.54) is 31.2 Å². The molecule has 0 atom stereocenters. The van der Waals surface area contributed by atoms with E-state index in [0.29, 0.717) is 5.92 Å². The summed E-state index contributed by atoms with van der Waals surface area (Å²) in [7, 11) is 0. The van der Waals surface area contributed by atoms with Gasteiger partial charge in [-0.15, -0.1) is 0 Å². The molecule has 1 fully saturated rings. The first-order chi connectivity index (χ1) is 9.03. The second kappa shape index (κ2) is 6.47. The molecule has 0 unspecified atom stereocenters. The van der Waals surface area contributed by atoms with E-state index in [0.717, 1.165) is 23.1 Å². The zero-order chi connectivity index (χ0) is 13.9. The van der Waals surface area contributed by atoms with Gasteiger partial charge in [0.1, 0.15) is 0 Å². The maximum Gasteiger partial charge on any atom is 0.0458 e. The molecule has 1 aliphatic carbocycles. The van der Waals surface area contributed by atoms with Crippen molar-refractivity contribution < 1.29 is 0 Å².